The topological polar surface area (TPSA) is 79.2 Å². The van der Waals surface area contributed by atoms with Crippen molar-refractivity contribution in [2.75, 3.05) is 6.54 Å². The van der Waals surface area contributed by atoms with Crippen LogP contribution in [0.1, 0.15) is 57.7 Å². The van der Waals surface area contributed by atoms with Gasteiger partial charge in [0.05, 0.1) is 11.7 Å². The molecular formula is C20H26N6O. The molecule has 1 amide bonds. The van der Waals surface area contributed by atoms with Crippen LogP contribution in [0, 0.1) is 11.8 Å². The second kappa shape index (κ2) is 6.32. The summed E-state index contributed by atoms with van der Waals surface area (Å²) in [5.74, 6) is 2.78. The highest BCUT2D eigenvalue weighted by Gasteiger charge is 2.41. The molecule has 5 rings (SSSR count). The van der Waals surface area contributed by atoms with E-state index in [-0.39, 0.29) is 5.91 Å². The molecule has 0 aromatic carbocycles. The molecule has 27 heavy (non-hydrogen) atoms. The van der Waals surface area contributed by atoms with Gasteiger partial charge in [0.25, 0.3) is 0 Å². The van der Waals surface area contributed by atoms with Gasteiger partial charge in [0, 0.05) is 31.6 Å². The van der Waals surface area contributed by atoms with Crippen molar-refractivity contribution < 1.29 is 4.79 Å². The number of carbonyl (C=O) groups is 1. The van der Waals surface area contributed by atoms with E-state index in [4.69, 9.17) is 0 Å². The van der Waals surface area contributed by atoms with Crippen molar-refractivity contribution >= 4 is 22.7 Å². The van der Waals surface area contributed by atoms with E-state index in [9.17, 15) is 4.79 Å². The molecule has 2 aliphatic carbocycles. The van der Waals surface area contributed by atoms with Crippen LogP contribution >= 0.6 is 0 Å². The Balaban J connectivity index is 1.51. The molecule has 0 saturated heterocycles. The largest absolute Gasteiger partial charge is 0.345 e. The summed E-state index contributed by atoms with van der Waals surface area (Å²) in [4.78, 5) is 22.0. The van der Waals surface area contributed by atoms with E-state index in [1.54, 1.807) is 13.1 Å². The van der Waals surface area contributed by atoms with Gasteiger partial charge in [-0.3, -0.25) is 9.20 Å². The average molecular weight is 366 g/mol. The first-order valence-corrected chi connectivity index (χ1v) is 10.1. The zero-order chi connectivity index (χ0) is 18.5. The molecule has 2 fully saturated rings. The minimum absolute atomic E-state index is 0.214. The molecule has 2 saturated carbocycles. The summed E-state index contributed by atoms with van der Waals surface area (Å²) in [5, 5.41) is 8.95. The number of aromatic amines is 1. The zero-order valence-electron chi connectivity index (χ0n) is 15.9. The van der Waals surface area contributed by atoms with E-state index in [2.05, 4.69) is 36.4 Å². The molecule has 3 aromatic rings. The number of hydrogen-bond donors (Lipinski definition) is 1. The predicted molar refractivity (Wildman–Crippen MR) is 102 cm³/mol. The summed E-state index contributed by atoms with van der Waals surface area (Å²) in [5.41, 5.74) is 2.66. The predicted octanol–water partition coefficient (Wildman–Crippen LogP) is 3.14. The molecule has 1 unspecified atom stereocenters. The van der Waals surface area contributed by atoms with Crippen molar-refractivity contribution in [1.29, 1.82) is 0 Å². The standard InChI is InChI=1S/C20H26N6O/c1-3-14-8-15(25(12(2)27)11-13-4-5-13)9-16(14)20-24-23-18-10-22-19-17(26(18)20)6-7-21-19/h6-7,10,13-16,21H,3-5,8-9,11H2,1-2H3/t14-,15+,16?/m1/s1. The normalized spacial score (nSPS) is 25.5. The Morgan fingerprint density at radius 1 is 1.33 bits per heavy atom. The lowest BCUT2D eigenvalue weighted by Gasteiger charge is -2.28. The van der Waals surface area contributed by atoms with Crippen LogP contribution in [0.25, 0.3) is 16.8 Å². The quantitative estimate of drug-likeness (QED) is 0.752. The monoisotopic (exact) mass is 366 g/mol. The molecule has 7 nitrogen and oxygen atoms in total. The van der Waals surface area contributed by atoms with Crippen molar-refractivity contribution in [1.82, 2.24) is 29.5 Å². The van der Waals surface area contributed by atoms with Crippen LogP contribution in [0.5, 0.6) is 0 Å². The highest BCUT2D eigenvalue weighted by molar-refractivity contribution is 5.75. The average Bonchev–Trinajstić information content (AvgIpc) is 3.07. The second-order valence-corrected chi connectivity index (χ2v) is 8.24. The molecular weight excluding hydrogens is 340 g/mol. The fraction of sp³-hybridized carbons (Fsp3) is 0.600. The minimum atomic E-state index is 0.214. The molecule has 0 aliphatic heterocycles. The lowest BCUT2D eigenvalue weighted by atomic mass is 9.93. The van der Waals surface area contributed by atoms with Gasteiger partial charge in [0.1, 0.15) is 5.82 Å². The molecule has 142 valence electrons. The summed E-state index contributed by atoms with van der Waals surface area (Å²) in [7, 11) is 0. The van der Waals surface area contributed by atoms with Crippen LogP contribution < -0.4 is 0 Å². The van der Waals surface area contributed by atoms with Crippen molar-refractivity contribution in [3.8, 4) is 0 Å². The number of H-pyrrole nitrogens is 1. The fourth-order valence-corrected chi connectivity index (χ4v) is 4.87. The van der Waals surface area contributed by atoms with Crippen LogP contribution in [0.2, 0.25) is 0 Å². The van der Waals surface area contributed by atoms with E-state index < -0.39 is 0 Å². The summed E-state index contributed by atoms with van der Waals surface area (Å²) < 4.78 is 2.15. The third-order valence-corrected chi connectivity index (χ3v) is 6.49. The van der Waals surface area contributed by atoms with Crippen LogP contribution in [-0.2, 0) is 4.79 Å². The molecule has 7 heteroatoms. The van der Waals surface area contributed by atoms with Gasteiger partial charge < -0.3 is 9.88 Å². The van der Waals surface area contributed by atoms with E-state index in [1.807, 2.05) is 12.3 Å². The molecule has 0 radical (unpaired) electrons. The van der Waals surface area contributed by atoms with Gasteiger partial charge in [-0.05, 0) is 43.6 Å². The maximum Gasteiger partial charge on any atom is 0.219 e. The lowest BCUT2D eigenvalue weighted by Crippen LogP contribution is -2.39. The molecule has 1 N–H and O–H groups in total. The van der Waals surface area contributed by atoms with Gasteiger partial charge in [0.15, 0.2) is 11.3 Å². The number of amides is 1. The maximum atomic E-state index is 12.3. The fourth-order valence-electron chi connectivity index (χ4n) is 4.87. The van der Waals surface area contributed by atoms with Crippen LogP contribution in [-0.4, -0.2) is 48.0 Å². The lowest BCUT2D eigenvalue weighted by molar-refractivity contribution is -0.131. The molecule has 3 heterocycles. The van der Waals surface area contributed by atoms with Crippen LogP contribution in [0.3, 0.4) is 0 Å². The van der Waals surface area contributed by atoms with Gasteiger partial charge in [0.2, 0.25) is 5.91 Å². The Kier molecular flexibility index (Phi) is 3.91. The van der Waals surface area contributed by atoms with Crippen molar-refractivity contribution in [3.05, 3.63) is 24.3 Å². The Bertz CT molecular complexity index is 987. The van der Waals surface area contributed by atoms with Gasteiger partial charge >= 0.3 is 0 Å². The summed E-state index contributed by atoms with van der Waals surface area (Å²) in [6.45, 7) is 4.89. The number of nitrogens with one attached hydrogen (secondary N) is 1. The van der Waals surface area contributed by atoms with Crippen LogP contribution in [0.15, 0.2) is 18.5 Å². The third-order valence-electron chi connectivity index (χ3n) is 6.49. The highest BCUT2D eigenvalue weighted by Crippen LogP contribution is 2.44. The molecule has 3 aromatic heterocycles. The number of hydrogen-bond acceptors (Lipinski definition) is 4. The maximum absolute atomic E-state index is 12.3. The first-order chi connectivity index (χ1) is 13.2. The molecule has 0 spiro atoms. The first kappa shape index (κ1) is 16.7. The van der Waals surface area contributed by atoms with Gasteiger partial charge in [-0.15, -0.1) is 10.2 Å². The third kappa shape index (κ3) is 2.80. The molecule has 2 aliphatic rings. The second-order valence-electron chi connectivity index (χ2n) is 8.24. The summed E-state index contributed by atoms with van der Waals surface area (Å²) in [6.07, 6.45) is 9.34. The van der Waals surface area contributed by atoms with Gasteiger partial charge in [-0.25, -0.2) is 4.98 Å². The number of carbonyl (C=O) groups excluding carboxylic acids is 1. The molecule has 0 bridgehead atoms. The van der Waals surface area contributed by atoms with Crippen molar-refractivity contribution in [2.24, 2.45) is 11.8 Å². The SMILES string of the molecule is CC[C@@H]1C[C@H](N(CC2CC2)C(C)=O)CC1c1nnc2cnc3[nH]ccc3n12. The van der Waals surface area contributed by atoms with Crippen molar-refractivity contribution in [2.45, 2.75) is 57.9 Å². The van der Waals surface area contributed by atoms with Gasteiger partial charge in [-0.1, -0.05) is 13.3 Å². The van der Waals surface area contributed by atoms with Crippen LogP contribution in [0.4, 0.5) is 0 Å². The number of rotatable bonds is 5. The minimum Gasteiger partial charge on any atom is -0.345 e. The Morgan fingerprint density at radius 2 is 2.19 bits per heavy atom. The number of aromatic nitrogens is 5. The van der Waals surface area contributed by atoms with E-state index in [1.165, 1.54) is 12.8 Å². The summed E-state index contributed by atoms with van der Waals surface area (Å²) in [6, 6.07) is 2.35. The Hall–Kier alpha value is -2.44. The zero-order valence-corrected chi connectivity index (χ0v) is 15.9. The molecule has 3 atom stereocenters. The van der Waals surface area contributed by atoms with E-state index in [0.29, 0.717) is 23.8 Å². The smallest absolute Gasteiger partial charge is 0.219 e. The van der Waals surface area contributed by atoms with E-state index in [0.717, 1.165) is 48.4 Å². The summed E-state index contributed by atoms with van der Waals surface area (Å²) >= 11 is 0. The van der Waals surface area contributed by atoms with Gasteiger partial charge in [-0.2, -0.15) is 0 Å². The Labute approximate surface area is 158 Å². The van der Waals surface area contributed by atoms with Crippen molar-refractivity contribution in [3.63, 3.8) is 0 Å². The Morgan fingerprint density at radius 3 is 2.93 bits per heavy atom. The number of nitrogens with zero attached hydrogens (tertiary/aromatic N) is 5. The number of fused-ring (bicyclic) bond motifs is 3. The highest BCUT2D eigenvalue weighted by atomic mass is 16.2. The van der Waals surface area contributed by atoms with E-state index >= 15 is 0 Å². The first-order valence-electron chi connectivity index (χ1n) is 10.1.